The molecule has 160 valence electrons. The Bertz CT molecular complexity index is 947. The van der Waals surface area contributed by atoms with Gasteiger partial charge < -0.3 is 15.4 Å². The van der Waals surface area contributed by atoms with Crippen molar-refractivity contribution in [2.45, 2.75) is 34.1 Å². The molecule has 0 aliphatic rings. The first-order valence-electron chi connectivity index (χ1n) is 9.58. The number of aryl methyl sites for hydroxylation is 1. The van der Waals surface area contributed by atoms with Crippen molar-refractivity contribution in [3.05, 3.63) is 52.0 Å². The Labute approximate surface area is 190 Å². The highest BCUT2D eigenvalue weighted by molar-refractivity contribution is 9.10. The standard InChI is InChI=1S/C22H26BrN3O3S/c1-13(2)9-10-29-20-8-6-16(11-18(20)23)21(28)26-22(30)25-17-7-5-14(3)19(12-17)24-15(4)27/h5-8,11-13H,9-10H2,1-4H3,(H,24,27)(H2,25,26,28,30). The average Bonchev–Trinajstić information content (AvgIpc) is 2.65. The summed E-state index contributed by atoms with van der Waals surface area (Å²) in [6.07, 6.45) is 0.956. The Kier molecular flexibility index (Phi) is 8.80. The summed E-state index contributed by atoms with van der Waals surface area (Å²) in [6.45, 7) is 8.24. The molecular weight excluding hydrogens is 466 g/mol. The van der Waals surface area contributed by atoms with E-state index in [4.69, 9.17) is 17.0 Å². The quantitative estimate of drug-likeness (QED) is 0.459. The van der Waals surface area contributed by atoms with Gasteiger partial charge in [-0.25, -0.2) is 0 Å². The molecule has 0 unspecified atom stereocenters. The molecule has 0 saturated heterocycles. The van der Waals surface area contributed by atoms with Gasteiger partial charge in [-0.1, -0.05) is 19.9 Å². The van der Waals surface area contributed by atoms with Gasteiger partial charge in [-0.15, -0.1) is 0 Å². The van der Waals surface area contributed by atoms with Gasteiger partial charge in [-0.2, -0.15) is 0 Å². The number of thiocarbonyl (C=S) groups is 1. The van der Waals surface area contributed by atoms with Gasteiger partial charge >= 0.3 is 0 Å². The van der Waals surface area contributed by atoms with Gasteiger partial charge in [0.05, 0.1) is 11.1 Å². The van der Waals surface area contributed by atoms with Gasteiger partial charge in [0.1, 0.15) is 5.75 Å². The summed E-state index contributed by atoms with van der Waals surface area (Å²) in [4.78, 5) is 23.8. The number of rotatable bonds is 7. The van der Waals surface area contributed by atoms with E-state index >= 15 is 0 Å². The number of carbonyl (C=O) groups excluding carboxylic acids is 2. The molecule has 0 bridgehead atoms. The maximum atomic E-state index is 12.5. The molecular formula is C22H26BrN3O3S. The smallest absolute Gasteiger partial charge is 0.257 e. The lowest BCUT2D eigenvalue weighted by Crippen LogP contribution is -2.34. The minimum Gasteiger partial charge on any atom is -0.492 e. The lowest BCUT2D eigenvalue weighted by atomic mass is 10.1. The van der Waals surface area contributed by atoms with Crippen molar-refractivity contribution in [2.75, 3.05) is 17.2 Å². The topological polar surface area (TPSA) is 79.5 Å². The third-order valence-corrected chi connectivity index (χ3v) is 5.00. The number of benzene rings is 2. The van der Waals surface area contributed by atoms with E-state index in [0.29, 0.717) is 39.7 Å². The van der Waals surface area contributed by atoms with Gasteiger partial charge in [-0.05, 0) is 83.3 Å². The van der Waals surface area contributed by atoms with Crippen molar-refractivity contribution in [3.8, 4) is 5.75 Å². The summed E-state index contributed by atoms with van der Waals surface area (Å²) in [7, 11) is 0. The van der Waals surface area contributed by atoms with E-state index in [1.54, 1.807) is 24.3 Å². The minimum absolute atomic E-state index is 0.158. The Morgan fingerprint density at radius 2 is 1.87 bits per heavy atom. The van der Waals surface area contributed by atoms with Crippen LogP contribution in [0.25, 0.3) is 0 Å². The van der Waals surface area contributed by atoms with Gasteiger partial charge in [0, 0.05) is 23.9 Å². The Hall–Kier alpha value is -2.45. The second kappa shape index (κ2) is 11.1. The third kappa shape index (κ3) is 7.42. The van der Waals surface area contributed by atoms with E-state index in [1.807, 2.05) is 19.1 Å². The van der Waals surface area contributed by atoms with E-state index in [-0.39, 0.29) is 16.9 Å². The van der Waals surface area contributed by atoms with E-state index in [1.165, 1.54) is 6.92 Å². The van der Waals surface area contributed by atoms with Gasteiger partial charge in [0.2, 0.25) is 5.91 Å². The van der Waals surface area contributed by atoms with Gasteiger partial charge in [0.15, 0.2) is 5.11 Å². The van der Waals surface area contributed by atoms with Crippen LogP contribution in [0.1, 0.15) is 43.1 Å². The summed E-state index contributed by atoms with van der Waals surface area (Å²) < 4.78 is 6.45. The predicted octanol–water partition coefficient (Wildman–Crippen LogP) is 5.27. The SMILES string of the molecule is CC(=O)Nc1cc(NC(=S)NC(=O)c2ccc(OCCC(C)C)c(Br)c2)ccc1C. The molecule has 0 saturated carbocycles. The highest BCUT2D eigenvalue weighted by Gasteiger charge is 2.12. The first kappa shape index (κ1) is 23.8. The van der Waals surface area contributed by atoms with Crippen LogP contribution in [0.2, 0.25) is 0 Å². The number of hydrogen-bond acceptors (Lipinski definition) is 4. The number of amides is 2. The van der Waals surface area contributed by atoms with Crippen LogP contribution in [-0.2, 0) is 4.79 Å². The molecule has 6 nitrogen and oxygen atoms in total. The number of carbonyl (C=O) groups is 2. The number of halogens is 1. The number of anilines is 2. The molecule has 0 fully saturated rings. The lowest BCUT2D eigenvalue weighted by molar-refractivity contribution is -0.114. The number of ether oxygens (including phenoxy) is 1. The first-order chi connectivity index (χ1) is 14.2. The molecule has 2 rings (SSSR count). The fraction of sp³-hybridized carbons (Fsp3) is 0.318. The maximum Gasteiger partial charge on any atom is 0.257 e. The van der Waals surface area contributed by atoms with Crippen molar-refractivity contribution in [1.82, 2.24) is 5.32 Å². The first-order valence-corrected chi connectivity index (χ1v) is 10.8. The lowest BCUT2D eigenvalue weighted by Gasteiger charge is -2.13. The monoisotopic (exact) mass is 491 g/mol. The molecule has 2 aromatic carbocycles. The fourth-order valence-electron chi connectivity index (χ4n) is 2.53. The minimum atomic E-state index is -0.337. The molecule has 8 heteroatoms. The van der Waals surface area contributed by atoms with Crippen LogP contribution in [0.4, 0.5) is 11.4 Å². The Balaban J connectivity index is 1.98. The second-order valence-electron chi connectivity index (χ2n) is 7.30. The van der Waals surface area contributed by atoms with Crippen molar-refractivity contribution in [3.63, 3.8) is 0 Å². The van der Waals surface area contributed by atoms with E-state index in [2.05, 4.69) is 45.7 Å². The van der Waals surface area contributed by atoms with Crippen LogP contribution in [0.15, 0.2) is 40.9 Å². The van der Waals surface area contributed by atoms with E-state index in [9.17, 15) is 9.59 Å². The van der Waals surface area contributed by atoms with Crippen LogP contribution in [-0.4, -0.2) is 23.5 Å². The zero-order chi connectivity index (χ0) is 22.3. The second-order valence-corrected chi connectivity index (χ2v) is 8.56. The molecule has 0 aliphatic heterocycles. The van der Waals surface area contributed by atoms with Crippen molar-refractivity contribution in [2.24, 2.45) is 5.92 Å². The fourth-order valence-corrected chi connectivity index (χ4v) is 3.23. The molecule has 0 atom stereocenters. The molecule has 0 radical (unpaired) electrons. The van der Waals surface area contributed by atoms with Crippen molar-refractivity contribution < 1.29 is 14.3 Å². The highest BCUT2D eigenvalue weighted by Crippen LogP contribution is 2.26. The van der Waals surface area contributed by atoms with Crippen LogP contribution in [0.5, 0.6) is 5.75 Å². The summed E-state index contributed by atoms with van der Waals surface area (Å²) >= 11 is 8.70. The molecule has 2 amide bonds. The van der Waals surface area contributed by atoms with Gasteiger partial charge in [-0.3, -0.25) is 14.9 Å². The number of hydrogen-bond donors (Lipinski definition) is 3. The third-order valence-electron chi connectivity index (χ3n) is 4.18. The predicted molar refractivity (Wildman–Crippen MR) is 128 cm³/mol. The van der Waals surface area contributed by atoms with Gasteiger partial charge in [0.25, 0.3) is 5.91 Å². The average molecular weight is 492 g/mol. The Morgan fingerprint density at radius 1 is 1.13 bits per heavy atom. The molecule has 0 aromatic heterocycles. The highest BCUT2D eigenvalue weighted by atomic mass is 79.9. The largest absolute Gasteiger partial charge is 0.492 e. The van der Waals surface area contributed by atoms with E-state index < -0.39 is 0 Å². The molecule has 0 spiro atoms. The van der Waals surface area contributed by atoms with Crippen LogP contribution in [0.3, 0.4) is 0 Å². The number of nitrogens with one attached hydrogen (secondary N) is 3. The van der Waals surface area contributed by atoms with Crippen LogP contribution < -0.4 is 20.7 Å². The normalized spacial score (nSPS) is 10.5. The van der Waals surface area contributed by atoms with E-state index in [0.717, 1.165) is 12.0 Å². The van der Waals surface area contributed by atoms with Crippen LogP contribution in [0, 0.1) is 12.8 Å². The molecule has 2 aromatic rings. The molecule has 30 heavy (non-hydrogen) atoms. The summed E-state index contributed by atoms with van der Waals surface area (Å²) in [5.74, 6) is 0.757. The van der Waals surface area contributed by atoms with Crippen LogP contribution >= 0.6 is 28.1 Å². The Morgan fingerprint density at radius 3 is 2.50 bits per heavy atom. The summed E-state index contributed by atoms with van der Waals surface area (Å²) in [5, 5.41) is 8.53. The zero-order valence-corrected chi connectivity index (χ0v) is 19.9. The maximum absolute atomic E-state index is 12.5. The molecule has 3 N–H and O–H groups in total. The molecule has 0 aliphatic carbocycles. The summed E-state index contributed by atoms with van der Waals surface area (Å²) in [6, 6.07) is 10.6. The summed E-state index contributed by atoms with van der Waals surface area (Å²) in [5.41, 5.74) is 2.71. The van der Waals surface area contributed by atoms with Crippen molar-refractivity contribution >= 4 is 56.4 Å². The molecule has 0 heterocycles. The zero-order valence-electron chi connectivity index (χ0n) is 17.5. The van der Waals surface area contributed by atoms with Crippen molar-refractivity contribution in [1.29, 1.82) is 0 Å².